The van der Waals surface area contributed by atoms with Gasteiger partial charge in [0.2, 0.25) is 0 Å². The summed E-state index contributed by atoms with van der Waals surface area (Å²) < 4.78 is 0. The number of carboxylic acid groups (broad SMARTS) is 1. The van der Waals surface area contributed by atoms with Crippen LogP contribution in [0.3, 0.4) is 0 Å². The smallest absolute Gasteiger partial charge is 0.339 e. The van der Waals surface area contributed by atoms with Crippen molar-refractivity contribution in [3.05, 3.63) is 28.8 Å². The molecule has 1 atom stereocenters. The summed E-state index contributed by atoms with van der Waals surface area (Å²) in [6, 6.07) is 5.33. The van der Waals surface area contributed by atoms with Crippen LogP contribution in [0.25, 0.3) is 0 Å². The van der Waals surface area contributed by atoms with Crippen molar-refractivity contribution in [2.24, 2.45) is 0 Å². The Bertz CT molecular complexity index is 393. The van der Waals surface area contributed by atoms with Gasteiger partial charge in [-0.25, -0.2) is 4.79 Å². The van der Waals surface area contributed by atoms with Gasteiger partial charge in [-0.05, 0) is 25.5 Å². The summed E-state index contributed by atoms with van der Waals surface area (Å²) in [5, 5.41) is 12.6. The Kier molecular flexibility index (Phi) is 5.29. The van der Waals surface area contributed by atoms with E-state index in [0.29, 0.717) is 5.69 Å². The first-order valence-corrected chi connectivity index (χ1v) is 6.22. The molecule has 17 heavy (non-hydrogen) atoms. The predicted octanol–water partition coefficient (Wildman–Crippen LogP) is 4.03. The van der Waals surface area contributed by atoms with Crippen LogP contribution in [-0.4, -0.2) is 17.1 Å². The topological polar surface area (TPSA) is 49.3 Å². The summed E-state index contributed by atoms with van der Waals surface area (Å²) in [5.74, 6) is -0.999. The minimum absolute atomic E-state index is 0.150. The van der Waals surface area contributed by atoms with E-state index in [2.05, 4.69) is 12.2 Å². The van der Waals surface area contributed by atoms with Crippen LogP contribution in [0.5, 0.6) is 0 Å². The number of unbranched alkanes of at least 4 members (excludes halogenated alkanes) is 1. The maximum absolute atomic E-state index is 11.1. The molecule has 0 saturated carbocycles. The number of hydrogen-bond donors (Lipinski definition) is 2. The second-order valence-corrected chi connectivity index (χ2v) is 4.56. The molecule has 0 bridgehead atoms. The molecule has 4 heteroatoms. The summed E-state index contributed by atoms with van der Waals surface area (Å²) in [6.45, 7) is 4.18. The lowest BCUT2D eigenvalue weighted by molar-refractivity contribution is 0.0698. The lowest BCUT2D eigenvalue weighted by Crippen LogP contribution is -2.17. The third-order valence-corrected chi connectivity index (χ3v) is 2.94. The molecule has 0 aliphatic rings. The second-order valence-electron chi connectivity index (χ2n) is 4.16. The van der Waals surface area contributed by atoms with Crippen LogP contribution >= 0.6 is 11.6 Å². The van der Waals surface area contributed by atoms with Gasteiger partial charge in [0.1, 0.15) is 5.56 Å². The molecule has 2 N–H and O–H groups in total. The number of anilines is 1. The minimum atomic E-state index is -0.999. The van der Waals surface area contributed by atoms with Crippen molar-refractivity contribution in [3.8, 4) is 0 Å². The number of halogens is 1. The zero-order valence-electron chi connectivity index (χ0n) is 10.2. The molecule has 0 aliphatic heterocycles. The SMILES string of the molecule is CCCCC(C)Nc1cccc(Cl)c1C(=O)O. The summed E-state index contributed by atoms with van der Waals surface area (Å²) in [5.41, 5.74) is 0.742. The van der Waals surface area contributed by atoms with Gasteiger partial charge < -0.3 is 10.4 Å². The molecule has 0 aromatic heterocycles. The maximum atomic E-state index is 11.1. The van der Waals surface area contributed by atoms with E-state index in [1.807, 2.05) is 6.92 Å². The molecule has 0 amide bonds. The molecule has 0 aliphatic carbocycles. The quantitative estimate of drug-likeness (QED) is 0.807. The molecule has 1 aromatic rings. The lowest BCUT2D eigenvalue weighted by Gasteiger charge is -2.17. The molecule has 0 radical (unpaired) electrons. The van der Waals surface area contributed by atoms with E-state index in [4.69, 9.17) is 16.7 Å². The third-order valence-electron chi connectivity index (χ3n) is 2.62. The molecule has 94 valence electrons. The van der Waals surface area contributed by atoms with Crippen LogP contribution in [0.1, 0.15) is 43.5 Å². The van der Waals surface area contributed by atoms with E-state index in [1.165, 1.54) is 0 Å². The zero-order valence-corrected chi connectivity index (χ0v) is 10.9. The Balaban J connectivity index is 2.83. The predicted molar refractivity (Wildman–Crippen MR) is 71.0 cm³/mol. The highest BCUT2D eigenvalue weighted by molar-refractivity contribution is 6.34. The number of benzene rings is 1. The Morgan fingerprint density at radius 2 is 2.24 bits per heavy atom. The van der Waals surface area contributed by atoms with Crippen LogP contribution in [-0.2, 0) is 0 Å². The first-order chi connectivity index (χ1) is 8.06. The number of carboxylic acids is 1. The standard InChI is InChI=1S/C13H18ClNO2/c1-3-4-6-9(2)15-11-8-5-7-10(14)12(11)13(16)17/h5,7-9,15H,3-4,6H2,1-2H3,(H,16,17). The zero-order chi connectivity index (χ0) is 12.8. The minimum Gasteiger partial charge on any atom is -0.478 e. The molecule has 0 fully saturated rings. The second kappa shape index (κ2) is 6.50. The Hall–Kier alpha value is -1.22. The van der Waals surface area contributed by atoms with Crippen molar-refractivity contribution in [3.63, 3.8) is 0 Å². The number of carbonyl (C=O) groups is 1. The molecule has 1 rings (SSSR count). The third kappa shape index (κ3) is 3.93. The van der Waals surface area contributed by atoms with Gasteiger partial charge in [0.15, 0.2) is 0 Å². The molecule has 0 spiro atoms. The molecule has 0 heterocycles. The molecule has 3 nitrogen and oxygen atoms in total. The fourth-order valence-electron chi connectivity index (χ4n) is 1.71. The van der Waals surface area contributed by atoms with Crippen LogP contribution in [0.15, 0.2) is 18.2 Å². The van der Waals surface area contributed by atoms with E-state index >= 15 is 0 Å². The Labute approximate surface area is 107 Å². The van der Waals surface area contributed by atoms with Gasteiger partial charge in [-0.15, -0.1) is 0 Å². The Morgan fingerprint density at radius 1 is 1.53 bits per heavy atom. The molecular weight excluding hydrogens is 238 g/mol. The van der Waals surface area contributed by atoms with Gasteiger partial charge in [-0.2, -0.15) is 0 Å². The number of hydrogen-bond acceptors (Lipinski definition) is 2. The largest absolute Gasteiger partial charge is 0.478 e. The van der Waals surface area contributed by atoms with E-state index in [9.17, 15) is 4.79 Å². The highest BCUT2D eigenvalue weighted by Crippen LogP contribution is 2.25. The van der Waals surface area contributed by atoms with E-state index in [0.717, 1.165) is 19.3 Å². The van der Waals surface area contributed by atoms with Crippen molar-refractivity contribution in [1.29, 1.82) is 0 Å². The van der Waals surface area contributed by atoms with Gasteiger partial charge in [0.05, 0.1) is 10.7 Å². The van der Waals surface area contributed by atoms with E-state index < -0.39 is 5.97 Å². The lowest BCUT2D eigenvalue weighted by atomic mass is 10.1. The van der Waals surface area contributed by atoms with Gasteiger partial charge in [-0.3, -0.25) is 0 Å². The van der Waals surface area contributed by atoms with Gasteiger partial charge >= 0.3 is 5.97 Å². The molecular formula is C13H18ClNO2. The number of nitrogens with one attached hydrogen (secondary N) is 1. The van der Waals surface area contributed by atoms with Gasteiger partial charge in [0.25, 0.3) is 0 Å². The van der Waals surface area contributed by atoms with E-state index in [-0.39, 0.29) is 16.6 Å². The van der Waals surface area contributed by atoms with Crippen molar-refractivity contribution in [1.82, 2.24) is 0 Å². The average molecular weight is 256 g/mol. The highest BCUT2D eigenvalue weighted by Gasteiger charge is 2.15. The first-order valence-electron chi connectivity index (χ1n) is 5.84. The molecule has 0 saturated heterocycles. The fourth-order valence-corrected chi connectivity index (χ4v) is 1.97. The number of aromatic carboxylic acids is 1. The maximum Gasteiger partial charge on any atom is 0.339 e. The van der Waals surface area contributed by atoms with Crippen molar-refractivity contribution < 1.29 is 9.90 Å². The summed E-state index contributed by atoms with van der Waals surface area (Å²) in [7, 11) is 0. The van der Waals surface area contributed by atoms with Crippen molar-refractivity contribution in [2.75, 3.05) is 5.32 Å². The van der Waals surface area contributed by atoms with Crippen LogP contribution in [0, 0.1) is 0 Å². The molecule has 1 aromatic carbocycles. The average Bonchev–Trinajstić information content (AvgIpc) is 2.25. The summed E-state index contributed by atoms with van der Waals surface area (Å²) in [6.07, 6.45) is 3.27. The van der Waals surface area contributed by atoms with Crippen LogP contribution in [0.2, 0.25) is 5.02 Å². The summed E-state index contributed by atoms with van der Waals surface area (Å²) in [4.78, 5) is 11.1. The molecule has 1 unspecified atom stereocenters. The summed E-state index contributed by atoms with van der Waals surface area (Å²) >= 11 is 5.89. The number of rotatable bonds is 6. The van der Waals surface area contributed by atoms with Crippen LogP contribution < -0.4 is 5.32 Å². The monoisotopic (exact) mass is 255 g/mol. The fraction of sp³-hybridized carbons (Fsp3) is 0.462. The Morgan fingerprint density at radius 3 is 2.82 bits per heavy atom. The highest BCUT2D eigenvalue weighted by atomic mass is 35.5. The first kappa shape index (κ1) is 13.8. The van der Waals surface area contributed by atoms with Crippen molar-refractivity contribution >= 4 is 23.3 Å². The normalized spacial score (nSPS) is 12.2. The van der Waals surface area contributed by atoms with E-state index in [1.54, 1.807) is 18.2 Å². The van der Waals surface area contributed by atoms with Crippen molar-refractivity contribution in [2.45, 2.75) is 39.2 Å². The van der Waals surface area contributed by atoms with Gasteiger partial charge in [-0.1, -0.05) is 37.4 Å². The van der Waals surface area contributed by atoms with Crippen LogP contribution in [0.4, 0.5) is 5.69 Å². The van der Waals surface area contributed by atoms with Gasteiger partial charge in [0, 0.05) is 6.04 Å².